The van der Waals surface area contributed by atoms with Crippen molar-refractivity contribution in [2.45, 2.75) is 19.1 Å². The Labute approximate surface area is 138 Å². The fraction of sp³-hybridized carbons (Fsp3) is 0.462. The number of pyridine rings is 1. The number of hydrogen-bond acceptors (Lipinski definition) is 8. The summed E-state index contributed by atoms with van der Waals surface area (Å²) in [4.78, 5) is 14.1. The average Bonchev–Trinajstić information content (AvgIpc) is 2.54. The number of hydrogen-bond donors (Lipinski definition) is 3. The van der Waals surface area contributed by atoms with Gasteiger partial charge in [-0.1, -0.05) is 11.6 Å². The number of anilines is 1. The van der Waals surface area contributed by atoms with Crippen molar-refractivity contribution in [2.24, 2.45) is 0 Å². The molecule has 0 spiro atoms. The van der Waals surface area contributed by atoms with Crippen molar-refractivity contribution in [1.82, 2.24) is 15.7 Å². The second-order valence-electron chi connectivity index (χ2n) is 4.68. The number of aromatic nitrogens is 1. The number of nitro groups is 1. The molecule has 1 aromatic heterocycles. The van der Waals surface area contributed by atoms with Crippen molar-refractivity contribution >= 4 is 17.4 Å². The van der Waals surface area contributed by atoms with Gasteiger partial charge in [-0.15, -0.1) is 0 Å². The summed E-state index contributed by atoms with van der Waals surface area (Å²) in [6.07, 6.45) is 3.48. The lowest BCUT2D eigenvalue weighted by atomic mass is 10.3. The van der Waals surface area contributed by atoms with Crippen LogP contribution >= 0.6 is 11.6 Å². The molecule has 126 valence electrons. The molecule has 0 unspecified atom stereocenters. The molecule has 0 amide bonds. The zero-order valence-corrected chi connectivity index (χ0v) is 13.1. The third-order valence-electron chi connectivity index (χ3n) is 2.88. The Hall–Kier alpha value is -2.10. The Balaban J connectivity index is 1.79. The largest absolute Gasteiger partial charge is 0.365 e. The summed E-state index contributed by atoms with van der Waals surface area (Å²) < 4.78 is 10.8. The Kier molecular flexibility index (Phi) is 6.85. The van der Waals surface area contributed by atoms with Crippen LogP contribution in [0.3, 0.4) is 0 Å². The van der Waals surface area contributed by atoms with Gasteiger partial charge in [0.1, 0.15) is 5.82 Å². The maximum Gasteiger partial charge on any atom is 0.275 e. The first kappa shape index (κ1) is 17.3. The smallest absolute Gasteiger partial charge is 0.275 e. The Morgan fingerprint density at radius 3 is 2.91 bits per heavy atom. The average molecular weight is 344 g/mol. The Bertz CT molecular complexity index is 534. The molecule has 0 aliphatic carbocycles. The molecule has 1 aromatic rings. The van der Waals surface area contributed by atoms with Crippen LogP contribution in [0.2, 0.25) is 5.02 Å². The highest BCUT2D eigenvalue weighted by molar-refractivity contribution is 6.30. The topological polar surface area (TPSA) is 111 Å². The van der Waals surface area contributed by atoms with Gasteiger partial charge in [-0.25, -0.2) is 4.98 Å². The van der Waals surface area contributed by atoms with Crippen molar-refractivity contribution < 1.29 is 14.4 Å². The zero-order valence-electron chi connectivity index (χ0n) is 12.3. The molecule has 9 nitrogen and oxygen atoms in total. The van der Waals surface area contributed by atoms with Crippen LogP contribution in [0.25, 0.3) is 0 Å². The summed E-state index contributed by atoms with van der Waals surface area (Å²) >= 11 is 5.74. The second kappa shape index (κ2) is 9.13. The SMILES string of the molecule is O=[N+]([O-])/C=C(/NCCC1OCCCO1)NNc1ccc(Cl)cn1. The van der Waals surface area contributed by atoms with E-state index in [1.54, 1.807) is 12.1 Å². The van der Waals surface area contributed by atoms with Gasteiger partial charge in [-0.05, 0) is 18.6 Å². The first-order valence-electron chi connectivity index (χ1n) is 7.09. The number of nitrogens with zero attached hydrogens (tertiary/aromatic N) is 2. The third-order valence-corrected chi connectivity index (χ3v) is 3.10. The van der Waals surface area contributed by atoms with Gasteiger partial charge in [0.15, 0.2) is 12.1 Å². The Morgan fingerprint density at radius 1 is 1.48 bits per heavy atom. The minimum atomic E-state index is -0.556. The van der Waals surface area contributed by atoms with E-state index in [0.717, 1.165) is 12.6 Å². The number of ether oxygens (including phenoxy) is 2. The summed E-state index contributed by atoms with van der Waals surface area (Å²) in [5.41, 5.74) is 5.44. The molecule has 10 heteroatoms. The lowest BCUT2D eigenvalue weighted by Crippen LogP contribution is -2.34. The van der Waals surface area contributed by atoms with Gasteiger partial charge in [0, 0.05) is 19.2 Å². The highest BCUT2D eigenvalue weighted by Gasteiger charge is 2.14. The van der Waals surface area contributed by atoms with Gasteiger partial charge in [0.2, 0.25) is 0 Å². The predicted octanol–water partition coefficient (Wildman–Crippen LogP) is 1.47. The first-order chi connectivity index (χ1) is 11.1. The van der Waals surface area contributed by atoms with E-state index in [0.29, 0.717) is 37.0 Å². The van der Waals surface area contributed by atoms with E-state index >= 15 is 0 Å². The molecule has 1 fully saturated rings. The quantitative estimate of drug-likeness (QED) is 0.480. The van der Waals surface area contributed by atoms with Crippen LogP contribution in [0.15, 0.2) is 30.4 Å². The Morgan fingerprint density at radius 2 is 2.26 bits per heavy atom. The fourth-order valence-corrected chi connectivity index (χ4v) is 1.95. The number of halogens is 1. The molecular formula is C13H18ClN5O4. The summed E-state index contributed by atoms with van der Waals surface area (Å²) in [5, 5.41) is 14.1. The monoisotopic (exact) mass is 343 g/mol. The van der Waals surface area contributed by atoms with E-state index in [2.05, 4.69) is 21.2 Å². The molecule has 0 bridgehead atoms. The molecule has 3 N–H and O–H groups in total. The molecule has 2 heterocycles. The first-order valence-corrected chi connectivity index (χ1v) is 7.47. The molecule has 23 heavy (non-hydrogen) atoms. The van der Waals surface area contributed by atoms with Crippen molar-refractivity contribution in [2.75, 3.05) is 25.2 Å². The van der Waals surface area contributed by atoms with Crippen LogP contribution in [0.1, 0.15) is 12.8 Å². The predicted molar refractivity (Wildman–Crippen MR) is 84.0 cm³/mol. The number of rotatable bonds is 8. The maximum absolute atomic E-state index is 10.7. The van der Waals surface area contributed by atoms with Gasteiger partial charge < -0.3 is 14.8 Å². The molecular weight excluding hydrogens is 326 g/mol. The zero-order chi connectivity index (χ0) is 16.5. The summed E-state index contributed by atoms with van der Waals surface area (Å²) in [5.74, 6) is 0.673. The fourth-order valence-electron chi connectivity index (χ4n) is 1.84. The minimum absolute atomic E-state index is 0.197. The lowest BCUT2D eigenvalue weighted by molar-refractivity contribution is -0.404. The van der Waals surface area contributed by atoms with Crippen molar-refractivity contribution in [3.05, 3.63) is 45.5 Å². The molecule has 0 saturated carbocycles. The van der Waals surface area contributed by atoms with Crippen LogP contribution in [-0.2, 0) is 9.47 Å². The lowest BCUT2D eigenvalue weighted by Gasteiger charge is -2.23. The summed E-state index contributed by atoms with van der Waals surface area (Å²) in [6.45, 7) is 1.79. The number of hydrazine groups is 1. The van der Waals surface area contributed by atoms with E-state index in [1.165, 1.54) is 6.20 Å². The van der Waals surface area contributed by atoms with Gasteiger partial charge in [-0.3, -0.25) is 21.0 Å². The minimum Gasteiger partial charge on any atom is -0.365 e. The van der Waals surface area contributed by atoms with Crippen molar-refractivity contribution in [1.29, 1.82) is 0 Å². The molecule has 1 aliphatic heterocycles. The molecule has 2 rings (SSSR count). The van der Waals surface area contributed by atoms with Crippen LogP contribution in [-0.4, -0.2) is 36.0 Å². The van der Waals surface area contributed by atoms with E-state index in [-0.39, 0.29) is 12.1 Å². The molecule has 0 atom stereocenters. The molecule has 1 aliphatic rings. The van der Waals surface area contributed by atoms with Crippen LogP contribution < -0.4 is 16.2 Å². The highest BCUT2D eigenvalue weighted by Crippen LogP contribution is 2.09. The summed E-state index contributed by atoms with van der Waals surface area (Å²) in [6, 6.07) is 3.30. The van der Waals surface area contributed by atoms with Crippen LogP contribution in [0.4, 0.5) is 5.82 Å². The van der Waals surface area contributed by atoms with E-state index < -0.39 is 4.92 Å². The normalized spacial score (nSPS) is 16.0. The van der Waals surface area contributed by atoms with Crippen molar-refractivity contribution in [3.8, 4) is 0 Å². The number of nitrogens with one attached hydrogen (secondary N) is 3. The van der Waals surface area contributed by atoms with Crippen molar-refractivity contribution in [3.63, 3.8) is 0 Å². The third kappa shape index (κ3) is 6.68. The van der Waals surface area contributed by atoms with Crippen LogP contribution in [0, 0.1) is 10.1 Å². The maximum atomic E-state index is 10.7. The summed E-state index contributed by atoms with van der Waals surface area (Å²) in [7, 11) is 0. The van der Waals surface area contributed by atoms with Gasteiger partial charge in [-0.2, -0.15) is 0 Å². The van der Waals surface area contributed by atoms with Gasteiger partial charge in [0.05, 0.1) is 23.2 Å². The van der Waals surface area contributed by atoms with E-state index in [4.69, 9.17) is 21.1 Å². The highest BCUT2D eigenvalue weighted by atomic mass is 35.5. The molecule has 0 radical (unpaired) electrons. The standard InChI is InChI=1S/C13H18ClN5O4/c14-10-2-3-11(16-8-10)17-18-12(9-19(20)21)15-5-4-13-22-6-1-7-23-13/h2-3,8-9,13,15,18H,1,4-7H2,(H,16,17)/b12-9-. The molecule has 1 saturated heterocycles. The van der Waals surface area contributed by atoms with Gasteiger partial charge >= 0.3 is 0 Å². The van der Waals surface area contributed by atoms with E-state index in [1.807, 2.05) is 0 Å². The van der Waals surface area contributed by atoms with E-state index in [9.17, 15) is 10.1 Å². The van der Waals surface area contributed by atoms with Crippen LogP contribution in [0.5, 0.6) is 0 Å². The molecule has 0 aromatic carbocycles. The van der Waals surface area contributed by atoms with Gasteiger partial charge in [0.25, 0.3) is 6.20 Å². The second-order valence-corrected chi connectivity index (χ2v) is 5.12.